The number of pyridine rings is 1. The van der Waals surface area contributed by atoms with Crippen molar-refractivity contribution < 1.29 is 14.6 Å². The molecule has 3 rings (SSSR count). The summed E-state index contributed by atoms with van der Waals surface area (Å²) in [5.74, 6) is -0.803. The Kier molecular flexibility index (Phi) is 4.25. The Morgan fingerprint density at radius 1 is 1.32 bits per heavy atom. The van der Waals surface area contributed by atoms with E-state index in [1.54, 1.807) is 6.92 Å². The van der Waals surface area contributed by atoms with Crippen molar-refractivity contribution in [1.82, 2.24) is 9.97 Å². The summed E-state index contributed by atoms with van der Waals surface area (Å²) in [5, 5.41) is 11.1. The minimum Gasteiger partial charge on any atom is -0.504 e. The molecule has 0 saturated carbocycles. The van der Waals surface area contributed by atoms with Gasteiger partial charge in [0.2, 0.25) is 0 Å². The van der Waals surface area contributed by atoms with Crippen LogP contribution < -0.4 is 0 Å². The maximum Gasteiger partial charge on any atom is 0.360 e. The highest BCUT2D eigenvalue weighted by Gasteiger charge is 2.22. The van der Waals surface area contributed by atoms with Crippen LogP contribution in [0.25, 0.3) is 20.8 Å². The maximum atomic E-state index is 11.9. The number of ether oxygens (including phenoxy) is 1. The van der Waals surface area contributed by atoms with Gasteiger partial charge in [-0.05, 0) is 29.5 Å². The molecule has 0 atom stereocenters. The molecule has 0 bridgehead atoms. The highest BCUT2D eigenvalue weighted by molar-refractivity contribution is 14.1. The second kappa shape index (κ2) is 6.17. The van der Waals surface area contributed by atoms with Crippen LogP contribution in [-0.4, -0.2) is 27.7 Å². The van der Waals surface area contributed by atoms with Crippen LogP contribution in [0, 0.1) is 3.70 Å². The molecule has 2 heterocycles. The van der Waals surface area contributed by atoms with Gasteiger partial charge in [0.15, 0.2) is 11.4 Å². The Morgan fingerprint density at radius 2 is 2.05 bits per heavy atom. The first-order valence-corrected chi connectivity index (χ1v) is 8.43. The van der Waals surface area contributed by atoms with Gasteiger partial charge >= 0.3 is 5.97 Å². The number of benzene rings is 1. The number of hydrogen-bond donors (Lipinski definition) is 1. The fraction of sp³-hybridized carbons (Fsp3) is 0.133. The summed E-state index contributed by atoms with van der Waals surface area (Å²) in [4.78, 5) is 20.5. The summed E-state index contributed by atoms with van der Waals surface area (Å²) in [6.45, 7) is 1.94. The molecule has 2 aromatic heterocycles. The van der Waals surface area contributed by atoms with Gasteiger partial charge in [-0.3, -0.25) is 0 Å². The summed E-state index contributed by atoms with van der Waals surface area (Å²) in [5.41, 5.74) is 1.48. The Labute approximate surface area is 144 Å². The molecular formula is C15H11IN2O3S. The van der Waals surface area contributed by atoms with Crippen LogP contribution in [0.3, 0.4) is 0 Å². The smallest absolute Gasteiger partial charge is 0.360 e. The van der Waals surface area contributed by atoms with Crippen molar-refractivity contribution in [3.05, 3.63) is 39.7 Å². The molecule has 0 saturated heterocycles. The Morgan fingerprint density at radius 3 is 2.73 bits per heavy atom. The molecule has 1 aromatic carbocycles. The molecule has 0 amide bonds. The molecule has 0 aliphatic rings. The largest absolute Gasteiger partial charge is 0.504 e. The number of carbonyl (C=O) groups is 1. The van der Waals surface area contributed by atoms with Gasteiger partial charge in [-0.2, -0.15) is 0 Å². The van der Waals surface area contributed by atoms with Crippen LogP contribution in [0.2, 0.25) is 0 Å². The zero-order chi connectivity index (χ0) is 15.7. The number of hydrogen-bond acceptors (Lipinski definition) is 6. The van der Waals surface area contributed by atoms with E-state index in [9.17, 15) is 9.90 Å². The van der Waals surface area contributed by atoms with E-state index >= 15 is 0 Å². The molecule has 0 fully saturated rings. The number of carbonyl (C=O) groups excluding carboxylic acids is 1. The number of halogens is 1. The van der Waals surface area contributed by atoms with Crippen molar-refractivity contribution in [2.24, 2.45) is 0 Å². The molecule has 0 aliphatic carbocycles. The Balaban J connectivity index is 2.18. The summed E-state index contributed by atoms with van der Waals surface area (Å²) >= 11 is 3.34. The molecule has 0 aliphatic heterocycles. The lowest BCUT2D eigenvalue weighted by molar-refractivity contribution is 0.0516. The van der Waals surface area contributed by atoms with Crippen LogP contribution in [0.15, 0.2) is 30.3 Å². The van der Waals surface area contributed by atoms with Gasteiger partial charge in [0.25, 0.3) is 0 Å². The van der Waals surface area contributed by atoms with E-state index in [1.807, 2.05) is 52.9 Å². The predicted molar refractivity (Wildman–Crippen MR) is 93.2 cm³/mol. The lowest BCUT2D eigenvalue weighted by Crippen LogP contribution is -2.08. The molecule has 1 N–H and O–H groups in total. The van der Waals surface area contributed by atoms with Gasteiger partial charge in [-0.15, -0.1) is 11.3 Å². The van der Waals surface area contributed by atoms with E-state index in [4.69, 9.17) is 4.74 Å². The maximum absolute atomic E-state index is 11.9. The Bertz CT molecular complexity index is 849. The van der Waals surface area contributed by atoms with Crippen LogP contribution in [-0.2, 0) is 4.74 Å². The molecule has 22 heavy (non-hydrogen) atoms. The zero-order valence-electron chi connectivity index (χ0n) is 11.5. The van der Waals surface area contributed by atoms with Gasteiger partial charge < -0.3 is 9.84 Å². The van der Waals surface area contributed by atoms with Crippen LogP contribution in [0.5, 0.6) is 5.75 Å². The average Bonchev–Trinajstić information content (AvgIpc) is 2.98. The minimum atomic E-state index is -0.630. The third-order valence-corrected chi connectivity index (χ3v) is 4.82. The van der Waals surface area contributed by atoms with Crippen molar-refractivity contribution in [2.75, 3.05) is 6.61 Å². The fourth-order valence-electron chi connectivity index (χ4n) is 1.98. The first-order chi connectivity index (χ1) is 10.6. The number of rotatable bonds is 3. The molecule has 3 aromatic rings. The summed E-state index contributed by atoms with van der Waals surface area (Å²) in [6, 6.07) is 9.67. The summed E-state index contributed by atoms with van der Waals surface area (Å²) in [7, 11) is 0. The summed E-state index contributed by atoms with van der Waals surface area (Å²) < 4.78 is 6.03. The van der Waals surface area contributed by atoms with Crippen molar-refractivity contribution >= 4 is 50.1 Å². The Hall–Kier alpha value is -1.74. The molecule has 0 radical (unpaired) electrons. The first kappa shape index (κ1) is 15.2. The van der Waals surface area contributed by atoms with Crippen LogP contribution >= 0.6 is 33.9 Å². The lowest BCUT2D eigenvalue weighted by Gasteiger charge is -2.04. The lowest BCUT2D eigenvalue weighted by atomic mass is 10.2. The fourth-order valence-corrected chi connectivity index (χ4v) is 3.81. The molecule has 0 unspecified atom stereocenters. The minimum absolute atomic E-state index is 0.0676. The number of esters is 1. The number of thiazole rings is 1. The van der Waals surface area contributed by atoms with Gasteiger partial charge in [0.1, 0.15) is 18.9 Å². The highest BCUT2D eigenvalue weighted by atomic mass is 127. The van der Waals surface area contributed by atoms with E-state index in [-0.39, 0.29) is 18.1 Å². The zero-order valence-corrected chi connectivity index (χ0v) is 14.5. The number of aromatic hydroxyl groups is 1. The van der Waals surface area contributed by atoms with Gasteiger partial charge in [0, 0.05) is 5.56 Å². The van der Waals surface area contributed by atoms with E-state index in [0.29, 0.717) is 13.9 Å². The van der Waals surface area contributed by atoms with E-state index in [0.717, 1.165) is 10.6 Å². The average molecular weight is 426 g/mol. The van der Waals surface area contributed by atoms with Gasteiger partial charge in [0.05, 0.1) is 6.61 Å². The van der Waals surface area contributed by atoms with Crippen molar-refractivity contribution in [2.45, 2.75) is 6.92 Å². The third-order valence-electron chi connectivity index (χ3n) is 2.96. The first-order valence-electron chi connectivity index (χ1n) is 6.53. The quantitative estimate of drug-likeness (QED) is 0.392. The molecule has 5 nitrogen and oxygen atoms in total. The number of aromatic nitrogens is 2. The second-order valence-corrected chi connectivity index (χ2v) is 6.40. The van der Waals surface area contributed by atoms with E-state index < -0.39 is 5.97 Å². The third kappa shape index (κ3) is 2.66. The van der Waals surface area contributed by atoms with Crippen LogP contribution in [0.4, 0.5) is 0 Å². The van der Waals surface area contributed by atoms with Crippen molar-refractivity contribution in [3.63, 3.8) is 0 Å². The normalized spacial score (nSPS) is 10.8. The second-order valence-electron chi connectivity index (χ2n) is 4.38. The monoisotopic (exact) mass is 426 g/mol. The standard InChI is InChI=1S/C15H11IN2O3S/c1-2-21-15(20)9-11(19)12-10(13(16)17-9)18-14(22-12)8-6-4-3-5-7-8/h3-7,19H,2H2,1H3. The predicted octanol–water partition coefficient (Wildman–Crippen LogP) is 3.85. The van der Waals surface area contributed by atoms with Gasteiger partial charge in [-0.25, -0.2) is 14.8 Å². The number of nitrogens with zero attached hydrogens (tertiary/aromatic N) is 2. The topological polar surface area (TPSA) is 72.3 Å². The van der Waals surface area contributed by atoms with Gasteiger partial charge in [-0.1, -0.05) is 30.3 Å². The molecule has 0 spiro atoms. The molecule has 112 valence electrons. The number of fused-ring (bicyclic) bond motifs is 1. The van der Waals surface area contributed by atoms with E-state index in [2.05, 4.69) is 9.97 Å². The molecular weight excluding hydrogens is 415 g/mol. The van der Waals surface area contributed by atoms with Crippen LogP contribution in [0.1, 0.15) is 17.4 Å². The highest BCUT2D eigenvalue weighted by Crippen LogP contribution is 2.38. The molecule has 7 heteroatoms. The van der Waals surface area contributed by atoms with E-state index in [1.165, 1.54) is 11.3 Å². The van der Waals surface area contributed by atoms with Crippen molar-refractivity contribution in [3.8, 4) is 16.3 Å². The van der Waals surface area contributed by atoms with Crippen molar-refractivity contribution in [1.29, 1.82) is 0 Å². The summed E-state index contributed by atoms with van der Waals surface area (Å²) in [6.07, 6.45) is 0. The SMILES string of the molecule is CCOC(=O)c1nc(I)c2nc(-c3ccccc3)sc2c1O.